The zero-order chi connectivity index (χ0) is 29.3. The van der Waals surface area contributed by atoms with Gasteiger partial charge in [0, 0.05) is 15.8 Å². The van der Waals surface area contributed by atoms with Crippen molar-refractivity contribution in [1.29, 1.82) is 0 Å². The molecule has 41 heavy (non-hydrogen) atoms. The highest BCUT2D eigenvalue weighted by molar-refractivity contribution is 7.17. The second-order valence-corrected chi connectivity index (χ2v) is 12.2. The van der Waals surface area contributed by atoms with E-state index in [0.717, 1.165) is 47.1 Å². The molecule has 2 heterocycles. The average molecular weight is 573 g/mol. The maximum atomic E-state index is 14.0. The Morgan fingerprint density at radius 1 is 1.05 bits per heavy atom. The predicted octanol–water partition coefficient (Wildman–Crippen LogP) is 7.56. The molecule has 0 saturated carbocycles. The smallest absolute Gasteiger partial charge is 0.341 e. The number of nitrogens with one attached hydrogen (secondary N) is 1. The van der Waals surface area contributed by atoms with Crippen LogP contribution in [0.4, 0.5) is 5.00 Å². The highest BCUT2D eigenvalue weighted by Crippen LogP contribution is 2.46. The number of pyridine rings is 1. The minimum Gasteiger partial charge on any atom is -0.493 e. The number of carbonyl (C=O) groups is 2. The third-order valence-electron chi connectivity index (χ3n) is 8.54. The van der Waals surface area contributed by atoms with Gasteiger partial charge in [0.15, 0.2) is 11.5 Å². The van der Waals surface area contributed by atoms with E-state index in [1.54, 1.807) is 20.3 Å². The predicted molar refractivity (Wildman–Crippen MR) is 163 cm³/mol. The van der Waals surface area contributed by atoms with Crippen molar-refractivity contribution < 1.29 is 23.8 Å². The quantitative estimate of drug-likeness (QED) is 0.219. The van der Waals surface area contributed by atoms with E-state index in [2.05, 4.69) is 26.1 Å². The molecule has 1 aliphatic rings. The molecule has 0 fully saturated rings. The van der Waals surface area contributed by atoms with E-state index >= 15 is 0 Å². The minimum absolute atomic E-state index is 0.201. The van der Waals surface area contributed by atoms with E-state index in [9.17, 15) is 9.59 Å². The summed E-state index contributed by atoms with van der Waals surface area (Å²) in [5.74, 6) is 0.968. The molecule has 4 aromatic rings. The van der Waals surface area contributed by atoms with Crippen molar-refractivity contribution in [2.75, 3.05) is 26.6 Å². The standard InChI is InChI=1S/C33H36N2O5S/c1-7-33(2,3)20-13-14-22-28(17-20)41-31(29(22)32(37)40-6)35-30(36)23-18-25(34-24-11-9-8-10-21(23)24)19-12-15-26(38-4)27(16-19)39-5/h8-12,15-16,18,20H,7,13-14,17H2,1-6H3,(H,35,36)/t20-/m0/s1. The summed E-state index contributed by atoms with van der Waals surface area (Å²) in [5.41, 5.74) is 4.25. The van der Waals surface area contributed by atoms with E-state index in [1.165, 1.54) is 18.4 Å². The molecule has 0 bridgehead atoms. The van der Waals surface area contributed by atoms with Crippen LogP contribution in [0.3, 0.4) is 0 Å². The number of para-hydroxylation sites is 1. The molecule has 214 valence electrons. The fourth-order valence-electron chi connectivity index (χ4n) is 5.62. The second-order valence-electron chi connectivity index (χ2n) is 11.1. The van der Waals surface area contributed by atoms with Gasteiger partial charge in [0.05, 0.1) is 43.7 Å². The average Bonchev–Trinajstić information content (AvgIpc) is 3.36. The van der Waals surface area contributed by atoms with E-state index in [4.69, 9.17) is 19.2 Å². The topological polar surface area (TPSA) is 86.8 Å². The molecule has 5 rings (SSSR count). The van der Waals surface area contributed by atoms with Crippen LogP contribution in [0.5, 0.6) is 11.5 Å². The van der Waals surface area contributed by atoms with Crippen LogP contribution in [0.2, 0.25) is 0 Å². The number of amides is 1. The summed E-state index contributed by atoms with van der Waals surface area (Å²) in [6.07, 6.45) is 3.78. The largest absolute Gasteiger partial charge is 0.493 e. The first-order chi connectivity index (χ1) is 19.7. The highest BCUT2D eigenvalue weighted by atomic mass is 32.1. The first-order valence-corrected chi connectivity index (χ1v) is 14.7. The van der Waals surface area contributed by atoms with Gasteiger partial charge in [-0.3, -0.25) is 4.79 Å². The van der Waals surface area contributed by atoms with Gasteiger partial charge in [0.1, 0.15) is 5.00 Å². The van der Waals surface area contributed by atoms with Crippen LogP contribution in [0.15, 0.2) is 48.5 Å². The van der Waals surface area contributed by atoms with Gasteiger partial charge in [0.25, 0.3) is 5.91 Å². The van der Waals surface area contributed by atoms with Crippen molar-refractivity contribution in [2.45, 2.75) is 46.5 Å². The van der Waals surface area contributed by atoms with Gasteiger partial charge < -0.3 is 19.5 Å². The van der Waals surface area contributed by atoms with Gasteiger partial charge in [-0.25, -0.2) is 9.78 Å². The van der Waals surface area contributed by atoms with Gasteiger partial charge in [-0.15, -0.1) is 11.3 Å². The fourth-order valence-corrected chi connectivity index (χ4v) is 6.94. The van der Waals surface area contributed by atoms with E-state index in [0.29, 0.717) is 44.8 Å². The minimum atomic E-state index is -0.420. The second kappa shape index (κ2) is 11.5. The van der Waals surface area contributed by atoms with Gasteiger partial charge in [0.2, 0.25) is 0 Å². The number of thiophene rings is 1. The highest BCUT2D eigenvalue weighted by Gasteiger charge is 2.36. The molecular formula is C33H36N2O5S. The van der Waals surface area contributed by atoms with Gasteiger partial charge in [-0.1, -0.05) is 45.4 Å². The van der Waals surface area contributed by atoms with Crippen molar-refractivity contribution in [3.8, 4) is 22.8 Å². The molecule has 7 nitrogen and oxygen atoms in total. The van der Waals surface area contributed by atoms with Gasteiger partial charge in [-0.05, 0) is 66.5 Å². The molecule has 8 heteroatoms. The van der Waals surface area contributed by atoms with Crippen LogP contribution in [-0.2, 0) is 17.6 Å². The molecule has 0 radical (unpaired) electrons. The molecule has 0 unspecified atom stereocenters. The molecule has 1 aliphatic carbocycles. The number of carbonyl (C=O) groups excluding carboxylic acids is 2. The number of rotatable bonds is 8. The fraction of sp³-hybridized carbons (Fsp3) is 0.364. The zero-order valence-corrected chi connectivity index (χ0v) is 25.2. The summed E-state index contributed by atoms with van der Waals surface area (Å²) in [7, 11) is 4.55. The lowest BCUT2D eigenvalue weighted by Gasteiger charge is -2.36. The Morgan fingerprint density at radius 2 is 1.80 bits per heavy atom. The van der Waals surface area contributed by atoms with Crippen molar-refractivity contribution in [3.63, 3.8) is 0 Å². The summed E-state index contributed by atoms with van der Waals surface area (Å²) in [6, 6.07) is 14.9. The number of ether oxygens (including phenoxy) is 3. The van der Waals surface area contributed by atoms with E-state index in [-0.39, 0.29) is 11.3 Å². The monoisotopic (exact) mass is 572 g/mol. The molecule has 1 atom stereocenters. The lowest BCUT2D eigenvalue weighted by molar-refractivity contribution is 0.0600. The SMILES string of the molecule is CCC(C)(C)[C@H]1CCc2c(sc(NC(=O)c3cc(-c4ccc(OC)c(OC)c4)nc4ccccc34)c2C(=O)OC)C1. The number of hydrogen-bond acceptors (Lipinski definition) is 7. The molecule has 0 saturated heterocycles. The molecule has 0 spiro atoms. The van der Waals surface area contributed by atoms with Gasteiger partial charge in [-0.2, -0.15) is 0 Å². The van der Waals surface area contributed by atoms with Crippen molar-refractivity contribution >= 4 is 39.1 Å². The lowest BCUT2D eigenvalue weighted by atomic mass is 9.69. The molecule has 1 N–H and O–H groups in total. The molecular weight excluding hydrogens is 536 g/mol. The first kappa shape index (κ1) is 28.6. The number of aromatic nitrogens is 1. The maximum absolute atomic E-state index is 14.0. The Balaban J connectivity index is 1.56. The zero-order valence-electron chi connectivity index (χ0n) is 24.4. The van der Waals surface area contributed by atoms with Crippen molar-refractivity contribution in [1.82, 2.24) is 4.98 Å². The Hall–Kier alpha value is -3.91. The normalized spacial score (nSPS) is 14.8. The number of benzene rings is 2. The summed E-state index contributed by atoms with van der Waals surface area (Å²) >= 11 is 1.50. The number of nitrogens with zero attached hydrogens (tertiary/aromatic N) is 1. The van der Waals surface area contributed by atoms with Crippen LogP contribution in [-0.4, -0.2) is 38.2 Å². The summed E-state index contributed by atoms with van der Waals surface area (Å²) < 4.78 is 16.1. The number of methoxy groups -OCH3 is 3. The molecule has 2 aromatic heterocycles. The number of fused-ring (bicyclic) bond motifs is 2. The van der Waals surface area contributed by atoms with Crippen LogP contribution < -0.4 is 14.8 Å². The van der Waals surface area contributed by atoms with Crippen LogP contribution in [0.1, 0.15) is 64.8 Å². The first-order valence-electron chi connectivity index (χ1n) is 13.9. The van der Waals surface area contributed by atoms with Crippen LogP contribution in [0, 0.1) is 11.3 Å². The Morgan fingerprint density at radius 3 is 2.51 bits per heavy atom. The number of anilines is 1. The van der Waals surface area contributed by atoms with E-state index < -0.39 is 5.97 Å². The van der Waals surface area contributed by atoms with Crippen LogP contribution in [0.25, 0.3) is 22.2 Å². The molecule has 2 aromatic carbocycles. The summed E-state index contributed by atoms with van der Waals surface area (Å²) in [4.78, 5) is 32.9. The lowest BCUT2D eigenvalue weighted by Crippen LogP contribution is -2.28. The third kappa shape index (κ3) is 5.40. The summed E-state index contributed by atoms with van der Waals surface area (Å²) in [5, 5.41) is 4.34. The van der Waals surface area contributed by atoms with E-state index in [1.807, 2.05) is 42.5 Å². The van der Waals surface area contributed by atoms with Gasteiger partial charge >= 0.3 is 5.97 Å². The molecule has 0 aliphatic heterocycles. The summed E-state index contributed by atoms with van der Waals surface area (Å²) in [6.45, 7) is 6.85. The van der Waals surface area contributed by atoms with Crippen molar-refractivity contribution in [3.05, 3.63) is 70.1 Å². The van der Waals surface area contributed by atoms with Crippen LogP contribution >= 0.6 is 11.3 Å². The number of hydrogen-bond donors (Lipinski definition) is 1. The third-order valence-corrected chi connectivity index (χ3v) is 9.71. The Bertz CT molecular complexity index is 1620. The number of esters is 1. The Kier molecular flexibility index (Phi) is 8.04. The maximum Gasteiger partial charge on any atom is 0.341 e. The van der Waals surface area contributed by atoms with Crippen molar-refractivity contribution in [2.24, 2.45) is 11.3 Å². The Labute approximate surface area is 244 Å². The molecule has 1 amide bonds.